The first kappa shape index (κ1) is 44.2. The first-order valence-electron chi connectivity index (χ1n) is 19.1. The molecular formula is C43H50Cl2O13. The van der Waals surface area contributed by atoms with Crippen LogP contribution < -0.4 is 9.47 Å². The number of hydrogen-bond acceptors (Lipinski definition) is 13. The molecule has 2 unspecified atom stereocenters. The summed E-state index contributed by atoms with van der Waals surface area (Å²) in [5.74, 6) is -2.95. The molecule has 2 heterocycles. The maximum atomic E-state index is 11.7. The van der Waals surface area contributed by atoms with Crippen molar-refractivity contribution in [3.8, 4) is 11.5 Å². The van der Waals surface area contributed by atoms with Gasteiger partial charge in [0.1, 0.15) is 60.3 Å². The Hall–Kier alpha value is -3.38. The third-order valence-corrected chi connectivity index (χ3v) is 11.4. The predicted octanol–water partition coefficient (Wildman–Crippen LogP) is 3.60. The van der Waals surface area contributed by atoms with Crippen LogP contribution in [0.2, 0.25) is 10.0 Å². The molecule has 2 fully saturated rings. The fourth-order valence-corrected chi connectivity index (χ4v) is 7.85. The van der Waals surface area contributed by atoms with Crippen LogP contribution in [0.3, 0.4) is 0 Å². The van der Waals surface area contributed by atoms with Crippen LogP contribution in [0.5, 0.6) is 11.5 Å². The molecule has 15 heteroatoms. The van der Waals surface area contributed by atoms with Gasteiger partial charge in [0, 0.05) is 28.3 Å². The fraction of sp³-hybridized carbons (Fsp3) is 0.442. The maximum Gasteiger partial charge on any atom is 0.225 e. The van der Waals surface area contributed by atoms with Gasteiger partial charge in [-0.1, -0.05) is 59.6 Å². The molecule has 10 atom stereocenters. The van der Waals surface area contributed by atoms with Gasteiger partial charge in [0.25, 0.3) is 0 Å². The van der Waals surface area contributed by atoms with Gasteiger partial charge in [0.05, 0.1) is 26.4 Å². The summed E-state index contributed by atoms with van der Waals surface area (Å²) < 4.78 is 35.8. The summed E-state index contributed by atoms with van der Waals surface area (Å²) >= 11 is 13.3. The van der Waals surface area contributed by atoms with Gasteiger partial charge < -0.3 is 64.2 Å². The second-order valence-electron chi connectivity index (χ2n) is 14.3. The van der Waals surface area contributed by atoms with Crippen molar-refractivity contribution in [1.82, 2.24) is 0 Å². The van der Waals surface area contributed by atoms with Crippen LogP contribution in [0.1, 0.15) is 47.2 Å². The van der Waals surface area contributed by atoms with E-state index in [1.54, 1.807) is 30.3 Å². The Morgan fingerprint density at radius 1 is 0.586 bits per heavy atom. The van der Waals surface area contributed by atoms with E-state index in [0.717, 1.165) is 16.9 Å². The number of rotatable bonds is 15. The molecule has 0 amide bonds. The maximum absolute atomic E-state index is 11.7. The van der Waals surface area contributed by atoms with Crippen molar-refractivity contribution < 1.29 is 64.2 Å². The van der Waals surface area contributed by atoms with Crippen LogP contribution in [-0.2, 0) is 43.4 Å². The monoisotopic (exact) mass is 844 g/mol. The molecule has 2 aliphatic heterocycles. The van der Waals surface area contributed by atoms with Crippen molar-refractivity contribution in [2.24, 2.45) is 0 Å². The summed E-state index contributed by atoms with van der Waals surface area (Å²) in [7, 11) is 1.27. The topological polar surface area (TPSA) is 197 Å². The van der Waals surface area contributed by atoms with Gasteiger partial charge in [0.2, 0.25) is 11.6 Å². The summed E-state index contributed by atoms with van der Waals surface area (Å²) in [6.07, 6.45) is -13.2. The molecule has 58 heavy (non-hydrogen) atoms. The minimum atomic E-state index is -2.30. The molecule has 0 saturated carbocycles. The van der Waals surface area contributed by atoms with Gasteiger partial charge in [-0.05, 0) is 97.5 Å². The highest BCUT2D eigenvalue weighted by molar-refractivity contribution is 6.31. The van der Waals surface area contributed by atoms with Gasteiger partial charge in [0.15, 0.2) is 0 Å². The summed E-state index contributed by atoms with van der Waals surface area (Å²) in [5.41, 5.74) is 3.43. The third-order valence-electron chi connectivity index (χ3n) is 10.6. The van der Waals surface area contributed by atoms with E-state index in [9.17, 15) is 35.7 Å². The van der Waals surface area contributed by atoms with Crippen molar-refractivity contribution in [2.75, 3.05) is 33.5 Å². The van der Waals surface area contributed by atoms with E-state index in [4.69, 9.17) is 51.6 Å². The average molecular weight is 846 g/mol. The number of ether oxygens (including phenoxy) is 6. The molecule has 314 valence electrons. The van der Waals surface area contributed by atoms with Crippen molar-refractivity contribution in [3.05, 3.63) is 128 Å². The lowest BCUT2D eigenvalue weighted by Crippen LogP contribution is -2.67. The second-order valence-corrected chi connectivity index (χ2v) is 15.1. The minimum Gasteiger partial charge on any atom is -0.494 e. The molecular weight excluding hydrogens is 795 g/mol. The molecule has 4 aromatic carbocycles. The third kappa shape index (κ3) is 8.89. The zero-order chi connectivity index (χ0) is 41.8. The highest BCUT2D eigenvalue weighted by Crippen LogP contribution is 2.44. The standard InChI is InChI=1S/C43H50Cl2O13/c1-4-54-30-12-6-24(7-13-30)18-26-20-28(10-16-32(26)44)42(53-3)40(51)39(50)37(48)35(58-42)23-56-43(41(52)38(49)36(47)34(22-46)57-43)29-11-17-33(45)27(21-29)19-25-8-14-31(15-9-25)55-5-2/h6-17,20-21,34-41,46-52H,4-5,18-19,22-23H2,1-3H3/t34-,35-,36-,37-,38+,39+,40-,41-,42?,43?/m1/s1. The molecule has 6 rings (SSSR count). The van der Waals surface area contributed by atoms with Gasteiger partial charge in [-0.2, -0.15) is 0 Å². The Morgan fingerprint density at radius 3 is 1.47 bits per heavy atom. The molecule has 4 aromatic rings. The van der Waals surface area contributed by atoms with E-state index in [-0.39, 0.29) is 11.1 Å². The largest absolute Gasteiger partial charge is 0.494 e. The summed E-state index contributed by atoms with van der Waals surface area (Å²) in [4.78, 5) is 0. The first-order chi connectivity index (χ1) is 27.8. The molecule has 0 aromatic heterocycles. The Labute approximate surface area is 346 Å². The quantitative estimate of drug-likeness (QED) is 0.0918. The van der Waals surface area contributed by atoms with E-state index >= 15 is 0 Å². The molecule has 7 N–H and O–H groups in total. The van der Waals surface area contributed by atoms with Crippen LogP contribution in [0.15, 0.2) is 84.9 Å². The molecule has 0 spiro atoms. The number of aliphatic hydroxyl groups excluding tert-OH is 7. The lowest BCUT2D eigenvalue weighted by molar-refractivity contribution is -0.400. The zero-order valence-electron chi connectivity index (χ0n) is 32.3. The minimum absolute atomic E-state index is 0.148. The number of aliphatic hydroxyl groups is 7. The van der Waals surface area contributed by atoms with Crippen molar-refractivity contribution >= 4 is 23.2 Å². The van der Waals surface area contributed by atoms with Crippen molar-refractivity contribution in [3.63, 3.8) is 0 Å². The molecule has 2 saturated heterocycles. The van der Waals surface area contributed by atoms with Gasteiger partial charge in [-0.25, -0.2) is 0 Å². The molecule has 0 bridgehead atoms. The normalized spacial score (nSPS) is 29.9. The summed E-state index contributed by atoms with van der Waals surface area (Å²) in [6, 6.07) is 24.4. The van der Waals surface area contributed by atoms with Crippen LogP contribution in [0.25, 0.3) is 0 Å². The van der Waals surface area contributed by atoms with E-state index in [1.165, 1.54) is 13.2 Å². The first-order valence-corrected chi connectivity index (χ1v) is 19.8. The number of benzene rings is 4. The molecule has 13 nitrogen and oxygen atoms in total. The Morgan fingerprint density at radius 2 is 1.02 bits per heavy atom. The molecule has 0 aliphatic carbocycles. The predicted molar refractivity (Wildman–Crippen MR) is 213 cm³/mol. The number of hydrogen-bond donors (Lipinski definition) is 7. The van der Waals surface area contributed by atoms with E-state index < -0.39 is 73.6 Å². The van der Waals surface area contributed by atoms with Gasteiger partial charge >= 0.3 is 0 Å². The zero-order valence-corrected chi connectivity index (χ0v) is 33.8. The molecule has 2 aliphatic rings. The Bertz CT molecular complexity index is 1970. The van der Waals surface area contributed by atoms with Crippen LogP contribution >= 0.6 is 23.2 Å². The highest BCUT2D eigenvalue weighted by Gasteiger charge is 2.59. The molecule has 0 radical (unpaired) electrons. The number of methoxy groups -OCH3 is 1. The van der Waals surface area contributed by atoms with E-state index in [1.807, 2.05) is 62.4 Å². The summed E-state index contributed by atoms with van der Waals surface area (Å²) in [6.45, 7) is 3.41. The average Bonchev–Trinajstić information content (AvgIpc) is 3.23. The Balaban J connectivity index is 1.33. The number of halogens is 2. The van der Waals surface area contributed by atoms with E-state index in [0.29, 0.717) is 53.0 Å². The van der Waals surface area contributed by atoms with Crippen LogP contribution in [0.4, 0.5) is 0 Å². The van der Waals surface area contributed by atoms with Gasteiger partial charge in [-0.15, -0.1) is 0 Å². The van der Waals surface area contributed by atoms with Crippen LogP contribution in [-0.4, -0.2) is 118 Å². The smallest absolute Gasteiger partial charge is 0.225 e. The lowest BCUT2D eigenvalue weighted by atomic mass is 9.86. The van der Waals surface area contributed by atoms with Gasteiger partial charge in [-0.3, -0.25) is 0 Å². The van der Waals surface area contributed by atoms with Crippen molar-refractivity contribution in [2.45, 2.75) is 87.1 Å². The van der Waals surface area contributed by atoms with E-state index in [2.05, 4.69) is 0 Å². The van der Waals surface area contributed by atoms with Crippen LogP contribution in [0, 0.1) is 0 Å². The summed E-state index contributed by atoms with van der Waals surface area (Å²) in [5, 5.41) is 78.6. The highest BCUT2D eigenvalue weighted by atomic mass is 35.5. The lowest BCUT2D eigenvalue weighted by Gasteiger charge is -2.51. The Kier molecular flexibility index (Phi) is 14.4. The van der Waals surface area contributed by atoms with Crippen molar-refractivity contribution in [1.29, 1.82) is 0 Å². The second kappa shape index (κ2) is 18.9. The fourth-order valence-electron chi connectivity index (χ4n) is 7.48. The SMILES string of the molecule is CCOc1ccc(Cc2cc(C3(OC)O[C@H](COC4(c5ccc(Cl)c(Cc6ccc(OCC)cc6)c5)O[C@H](CO)[C@@H](O)[C@H](O)[C@H]4O)[C@@H](O)[C@H](O)[C@H]3O)ccc2Cl)cc1.